The molecule has 0 aromatic carbocycles. The Morgan fingerprint density at radius 1 is 1.12 bits per heavy atom. The third kappa shape index (κ3) is 1.67. The van der Waals surface area contributed by atoms with Crippen molar-refractivity contribution in [1.82, 2.24) is 9.80 Å². The van der Waals surface area contributed by atoms with Crippen molar-refractivity contribution in [2.24, 2.45) is 0 Å². The third-order valence-electron chi connectivity index (χ3n) is 2.48. The second-order valence-corrected chi connectivity index (χ2v) is 3.55. The minimum atomic E-state index is -0.682. The standard InChI is InChI=1S/C11H9N2O4/c1-2-5-12-10(16)6-7(11(12)17)13-8(14)3-4-9(13)15/h2,5-6H,1,3-4H2. The van der Waals surface area contributed by atoms with Gasteiger partial charge in [0, 0.05) is 18.9 Å². The van der Waals surface area contributed by atoms with E-state index in [1.54, 1.807) is 0 Å². The Kier molecular flexibility index (Phi) is 2.63. The molecule has 0 saturated carbocycles. The van der Waals surface area contributed by atoms with E-state index < -0.39 is 23.6 Å². The van der Waals surface area contributed by atoms with Crippen molar-refractivity contribution in [2.75, 3.05) is 0 Å². The fraction of sp³-hybridized carbons (Fsp3) is 0.182. The van der Waals surface area contributed by atoms with E-state index in [-0.39, 0.29) is 18.5 Å². The minimum Gasteiger partial charge on any atom is -0.274 e. The number of hydrogen-bond acceptors (Lipinski definition) is 4. The van der Waals surface area contributed by atoms with Gasteiger partial charge in [0.25, 0.3) is 11.8 Å². The topological polar surface area (TPSA) is 74.8 Å². The first kappa shape index (κ1) is 11.3. The molecule has 1 saturated heterocycles. The molecule has 0 aliphatic carbocycles. The van der Waals surface area contributed by atoms with E-state index in [1.165, 1.54) is 12.6 Å². The molecular weight excluding hydrogens is 224 g/mol. The Balaban J connectivity index is 2.29. The minimum absolute atomic E-state index is 0.0722. The second kappa shape index (κ2) is 3.97. The second-order valence-electron chi connectivity index (χ2n) is 3.55. The first-order valence-corrected chi connectivity index (χ1v) is 4.97. The van der Waals surface area contributed by atoms with Crippen LogP contribution in [-0.4, -0.2) is 33.4 Å². The van der Waals surface area contributed by atoms with Gasteiger partial charge in [-0.3, -0.25) is 24.1 Å². The highest BCUT2D eigenvalue weighted by Gasteiger charge is 2.41. The average Bonchev–Trinajstić information content (AvgIpc) is 2.74. The van der Waals surface area contributed by atoms with E-state index in [9.17, 15) is 19.2 Å². The lowest BCUT2D eigenvalue weighted by Gasteiger charge is -2.16. The molecule has 6 heteroatoms. The summed E-state index contributed by atoms with van der Waals surface area (Å²) in [6.07, 6.45) is 2.41. The highest BCUT2D eigenvalue weighted by molar-refractivity contribution is 6.21. The average molecular weight is 233 g/mol. The van der Waals surface area contributed by atoms with E-state index >= 15 is 0 Å². The molecule has 0 spiro atoms. The molecule has 2 heterocycles. The molecule has 0 atom stereocenters. The molecule has 2 aliphatic heterocycles. The molecule has 4 amide bonds. The number of imide groups is 2. The summed E-state index contributed by atoms with van der Waals surface area (Å²) in [5.74, 6) is -2.18. The van der Waals surface area contributed by atoms with E-state index in [1.807, 2.05) is 0 Å². The Morgan fingerprint density at radius 3 is 2.24 bits per heavy atom. The van der Waals surface area contributed by atoms with E-state index in [4.69, 9.17) is 0 Å². The highest BCUT2D eigenvalue weighted by Crippen LogP contribution is 2.24. The van der Waals surface area contributed by atoms with Crippen LogP contribution in [0.25, 0.3) is 0 Å². The van der Waals surface area contributed by atoms with Crippen molar-refractivity contribution < 1.29 is 19.2 Å². The van der Waals surface area contributed by atoms with Gasteiger partial charge in [-0.15, -0.1) is 6.58 Å². The van der Waals surface area contributed by atoms with Gasteiger partial charge in [0.2, 0.25) is 11.8 Å². The molecule has 0 aromatic heterocycles. The van der Waals surface area contributed by atoms with Crippen LogP contribution in [0.5, 0.6) is 0 Å². The maximum atomic E-state index is 11.8. The molecule has 2 rings (SSSR count). The fourth-order valence-electron chi connectivity index (χ4n) is 1.72. The summed E-state index contributed by atoms with van der Waals surface area (Å²) >= 11 is 0. The van der Waals surface area contributed by atoms with Crippen LogP contribution in [0.15, 0.2) is 24.4 Å². The van der Waals surface area contributed by atoms with Crippen molar-refractivity contribution >= 4 is 23.6 Å². The molecule has 1 fully saturated rings. The predicted molar refractivity (Wildman–Crippen MR) is 55.5 cm³/mol. The Hall–Kier alpha value is -2.24. The third-order valence-corrected chi connectivity index (χ3v) is 2.48. The molecular formula is C11H9N2O4. The van der Waals surface area contributed by atoms with Gasteiger partial charge in [-0.25, -0.2) is 4.90 Å². The zero-order valence-electron chi connectivity index (χ0n) is 8.88. The number of carbonyl (C=O) groups excluding carboxylic acids is 4. The van der Waals surface area contributed by atoms with Crippen molar-refractivity contribution in [2.45, 2.75) is 12.8 Å². The summed E-state index contributed by atoms with van der Waals surface area (Å²) < 4.78 is 0. The molecule has 87 valence electrons. The molecule has 0 N–H and O–H groups in total. The van der Waals surface area contributed by atoms with Crippen LogP contribution >= 0.6 is 0 Å². The van der Waals surface area contributed by atoms with Gasteiger partial charge in [0.05, 0.1) is 6.54 Å². The van der Waals surface area contributed by atoms with E-state index in [0.717, 1.165) is 15.9 Å². The molecule has 6 nitrogen and oxygen atoms in total. The lowest BCUT2D eigenvalue weighted by molar-refractivity contribution is -0.142. The van der Waals surface area contributed by atoms with E-state index in [2.05, 4.69) is 6.58 Å². The number of likely N-dealkylation sites (tertiary alicyclic amines) is 1. The van der Waals surface area contributed by atoms with Gasteiger partial charge in [0.15, 0.2) is 0 Å². The van der Waals surface area contributed by atoms with Crippen LogP contribution in [0.3, 0.4) is 0 Å². The molecule has 0 unspecified atom stereocenters. The summed E-state index contributed by atoms with van der Waals surface area (Å²) in [6, 6.07) is 0. The van der Waals surface area contributed by atoms with Crippen molar-refractivity contribution in [1.29, 1.82) is 0 Å². The van der Waals surface area contributed by atoms with Crippen molar-refractivity contribution in [3.8, 4) is 0 Å². The van der Waals surface area contributed by atoms with Crippen molar-refractivity contribution in [3.05, 3.63) is 31.0 Å². The Morgan fingerprint density at radius 2 is 1.71 bits per heavy atom. The van der Waals surface area contributed by atoms with E-state index in [0.29, 0.717) is 0 Å². The van der Waals surface area contributed by atoms with Gasteiger partial charge < -0.3 is 0 Å². The van der Waals surface area contributed by atoms with Gasteiger partial charge in [-0.2, -0.15) is 0 Å². The van der Waals surface area contributed by atoms with Crippen LogP contribution in [-0.2, 0) is 19.2 Å². The number of rotatable bonds is 3. The number of carbonyl (C=O) groups is 4. The lowest BCUT2D eigenvalue weighted by Crippen LogP contribution is -2.35. The highest BCUT2D eigenvalue weighted by atomic mass is 16.2. The fourth-order valence-corrected chi connectivity index (χ4v) is 1.72. The van der Waals surface area contributed by atoms with Gasteiger partial charge >= 0.3 is 0 Å². The van der Waals surface area contributed by atoms with Crippen LogP contribution in [0.1, 0.15) is 12.8 Å². The zero-order valence-corrected chi connectivity index (χ0v) is 8.88. The SMILES string of the molecule is C=C[CH]N1C(=O)C=C(N2C(=O)CCC2=O)C1=O. The summed E-state index contributed by atoms with van der Waals surface area (Å²) in [6.45, 7) is 4.57. The summed E-state index contributed by atoms with van der Waals surface area (Å²) in [7, 11) is 0. The van der Waals surface area contributed by atoms with Gasteiger partial charge in [0.1, 0.15) is 5.70 Å². The molecule has 17 heavy (non-hydrogen) atoms. The predicted octanol–water partition coefficient (Wildman–Crippen LogP) is -0.264. The summed E-state index contributed by atoms with van der Waals surface area (Å²) in [5.41, 5.74) is -0.180. The Bertz CT molecular complexity index is 462. The number of amides is 4. The number of nitrogens with zero attached hydrogens (tertiary/aromatic N) is 2. The smallest absolute Gasteiger partial charge is 0.274 e. The largest absolute Gasteiger partial charge is 0.278 e. The first-order valence-electron chi connectivity index (χ1n) is 4.97. The van der Waals surface area contributed by atoms with Gasteiger partial charge in [-0.05, 0) is 0 Å². The van der Waals surface area contributed by atoms with Crippen LogP contribution in [0.2, 0.25) is 0 Å². The van der Waals surface area contributed by atoms with Crippen LogP contribution < -0.4 is 0 Å². The molecule has 2 aliphatic rings. The normalized spacial score (nSPS) is 20.4. The lowest BCUT2D eigenvalue weighted by atomic mass is 10.3. The quantitative estimate of drug-likeness (QED) is 0.629. The first-order chi connectivity index (χ1) is 8.06. The zero-order chi connectivity index (χ0) is 12.6. The summed E-state index contributed by atoms with van der Waals surface area (Å²) in [5, 5.41) is 0. The Labute approximate surface area is 97.2 Å². The van der Waals surface area contributed by atoms with Crippen LogP contribution in [0, 0.1) is 6.54 Å². The maximum Gasteiger partial charge on any atom is 0.278 e. The van der Waals surface area contributed by atoms with Crippen LogP contribution in [0.4, 0.5) is 0 Å². The maximum absolute atomic E-state index is 11.8. The van der Waals surface area contributed by atoms with Gasteiger partial charge in [-0.1, -0.05) is 6.08 Å². The monoisotopic (exact) mass is 233 g/mol. The summed E-state index contributed by atoms with van der Waals surface area (Å²) in [4.78, 5) is 47.7. The molecule has 0 bridgehead atoms. The number of hydrogen-bond donors (Lipinski definition) is 0. The molecule has 1 radical (unpaired) electrons. The molecule has 0 aromatic rings. The van der Waals surface area contributed by atoms with Crippen molar-refractivity contribution in [3.63, 3.8) is 0 Å².